The fourth-order valence-electron chi connectivity index (χ4n) is 1.52. The lowest BCUT2D eigenvalue weighted by molar-refractivity contribution is -0.139. The molecule has 0 bridgehead atoms. The number of carbonyl (C=O) groups excluding carboxylic acids is 2. The fourth-order valence-corrected chi connectivity index (χ4v) is 1.52. The van der Waals surface area contributed by atoms with Crippen molar-refractivity contribution in [3.05, 3.63) is 34.9 Å². The van der Waals surface area contributed by atoms with Crippen LogP contribution in [0.5, 0.6) is 0 Å². The molecule has 0 aromatic heterocycles. The minimum atomic E-state index is -0.240. The summed E-state index contributed by atoms with van der Waals surface area (Å²) in [7, 11) is 1.38. The van der Waals surface area contributed by atoms with Crippen LogP contribution in [0.2, 0.25) is 0 Å². The predicted molar refractivity (Wildman–Crippen MR) is 61.3 cm³/mol. The number of hydrogen-bond acceptors (Lipinski definition) is 3. The Kier molecular flexibility index (Phi) is 4.70. The van der Waals surface area contributed by atoms with E-state index < -0.39 is 0 Å². The van der Waals surface area contributed by atoms with Crippen LogP contribution in [0.25, 0.3) is 0 Å². The van der Waals surface area contributed by atoms with E-state index in [0.29, 0.717) is 6.42 Å². The molecule has 0 atom stereocenters. The van der Waals surface area contributed by atoms with Gasteiger partial charge in [0.1, 0.15) is 6.29 Å². The van der Waals surface area contributed by atoms with Gasteiger partial charge in [-0.15, -0.1) is 0 Å². The Morgan fingerprint density at radius 2 is 2.19 bits per heavy atom. The maximum Gasteiger partial charge on any atom is 0.309 e. The number of aryl methyl sites for hydroxylation is 2. The van der Waals surface area contributed by atoms with Crippen molar-refractivity contribution in [2.24, 2.45) is 0 Å². The molecule has 3 heteroatoms. The van der Waals surface area contributed by atoms with Crippen molar-refractivity contribution >= 4 is 12.3 Å². The van der Waals surface area contributed by atoms with Crippen molar-refractivity contribution in [2.75, 3.05) is 7.11 Å². The van der Waals surface area contributed by atoms with E-state index in [1.807, 2.05) is 25.1 Å². The van der Waals surface area contributed by atoms with E-state index in [4.69, 9.17) is 0 Å². The van der Waals surface area contributed by atoms with Gasteiger partial charge in [-0.05, 0) is 30.0 Å². The molecule has 0 spiro atoms. The number of benzene rings is 1. The number of methoxy groups -OCH3 is 1. The van der Waals surface area contributed by atoms with Crippen molar-refractivity contribution in [1.29, 1.82) is 0 Å². The van der Waals surface area contributed by atoms with Gasteiger partial charge in [0.05, 0.1) is 13.5 Å². The summed E-state index contributed by atoms with van der Waals surface area (Å²) in [5.74, 6) is -0.240. The van der Waals surface area contributed by atoms with Crippen molar-refractivity contribution in [3.63, 3.8) is 0 Å². The van der Waals surface area contributed by atoms with Gasteiger partial charge in [-0.2, -0.15) is 0 Å². The third kappa shape index (κ3) is 3.50. The van der Waals surface area contributed by atoms with Crippen LogP contribution in [-0.4, -0.2) is 19.4 Å². The van der Waals surface area contributed by atoms with E-state index in [1.54, 1.807) is 0 Å². The molecule has 3 nitrogen and oxygen atoms in total. The zero-order valence-corrected chi connectivity index (χ0v) is 9.66. The highest BCUT2D eigenvalue weighted by Gasteiger charge is 2.06. The lowest BCUT2D eigenvalue weighted by Gasteiger charge is -2.07. The van der Waals surface area contributed by atoms with Crippen molar-refractivity contribution < 1.29 is 14.3 Å². The van der Waals surface area contributed by atoms with Crippen LogP contribution in [0, 0.1) is 6.92 Å². The minimum Gasteiger partial charge on any atom is -0.469 e. The average molecular weight is 220 g/mol. The topological polar surface area (TPSA) is 43.4 Å². The van der Waals surface area contributed by atoms with Gasteiger partial charge in [0.2, 0.25) is 0 Å². The van der Waals surface area contributed by atoms with Crippen LogP contribution < -0.4 is 0 Å². The third-order valence-electron chi connectivity index (χ3n) is 2.53. The molecule has 0 aliphatic rings. The lowest BCUT2D eigenvalue weighted by Crippen LogP contribution is -2.06. The second kappa shape index (κ2) is 6.05. The molecular weight excluding hydrogens is 204 g/mol. The van der Waals surface area contributed by atoms with Gasteiger partial charge in [-0.25, -0.2) is 0 Å². The highest BCUT2D eigenvalue weighted by molar-refractivity contribution is 5.73. The van der Waals surface area contributed by atoms with Crippen molar-refractivity contribution in [3.8, 4) is 0 Å². The summed E-state index contributed by atoms with van der Waals surface area (Å²) in [5, 5.41) is 0. The SMILES string of the molecule is COC(=O)Cc1cc(CCC=O)ccc1C. The Labute approximate surface area is 95.4 Å². The predicted octanol–water partition coefficient (Wildman–Crippen LogP) is 1.84. The summed E-state index contributed by atoms with van der Waals surface area (Å²) in [6.45, 7) is 1.96. The maximum absolute atomic E-state index is 11.2. The van der Waals surface area contributed by atoms with Gasteiger partial charge in [-0.1, -0.05) is 18.2 Å². The zero-order chi connectivity index (χ0) is 12.0. The Morgan fingerprint density at radius 3 is 2.81 bits per heavy atom. The van der Waals surface area contributed by atoms with E-state index in [2.05, 4.69) is 4.74 Å². The summed E-state index contributed by atoms with van der Waals surface area (Å²) < 4.78 is 4.64. The van der Waals surface area contributed by atoms with Crippen LogP contribution in [0.15, 0.2) is 18.2 Å². The first-order valence-electron chi connectivity index (χ1n) is 5.26. The van der Waals surface area contributed by atoms with Gasteiger partial charge in [0.25, 0.3) is 0 Å². The number of hydrogen-bond donors (Lipinski definition) is 0. The quantitative estimate of drug-likeness (QED) is 0.561. The first-order chi connectivity index (χ1) is 7.67. The second-order valence-corrected chi connectivity index (χ2v) is 3.72. The van der Waals surface area contributed by atoms with Gasteiger partial charge in [0.15, 0.2) is 0 Å². The number of rotatable bonds is 5. The standard InChI is InChI=1S/C13H16O3/c1-10-5-6-11(4-3-7-14)8-12(10)9-13(15)16-2/h5-8H,3-4,9H2,1-2H3. The smallest absolute Gasteiger partial charge is 0.309 e. The van der Waals surface area contributed by atoms with Crippen LogP contribution in [0.1, 0.15) is 23.1 Å². The van der Waals surface area contributed by atoms with Gasteiger partial charge in [0, 0.05) is 6.42 Å². The van der Waals surface area contributed by atoms with Crippen molar-refractivity contribution in [2.45, 2.75) is 26.2 Å². The third-order valence-corrected chi connectivity index (χ3v) is 2.53. The van der Waals surface area contributed by atoms with Crippen LogP contribution in [0.4, 0.5) is 0 Å². The van der Waals surface area contributed by atoms with Gasteiger partial charge in [-0.3, -0.25) is 4.79 Å². The highest BCUT2D eigenvalue weighted by Crippen LogP contribution is 2.13. The molecule has 0 N–H and O–H groups in total. The fraction of sp³-hybridized carbons (Fsp3) is 0.385. The van der Waals surface area contributed by atoms with Crippen LogP contribution >= 0.6 is 0 Å². The second-order valence-electron chi connectivity index (χ2n) is 3.72. The molecule has 1 aromatic rings. The molecule has 0 aliphatic carbocycles. The minimum absolute atomic E-state index is 0.240. The number of ether oxygens (including phenoxy) is 1. The maximum atomic E-state index is 11.2. The normalized spacial score (nSPS) is 9.88. The number of aldehydes is 1. The molecule has 1 aromatic carbocycles. The van der Waals surface area contributed by atoms with E-state index >= 15 is 0 Å². The lowest BCUT2D eigenvalue weighted by atomic mass is 10.0. The first-order valence-corrected chi connectivity index (χ1v) is 5.26. The summed E-state index contributed by atoms with van der Waals surface area (Å²) >= 11 is 0. The largest absolute Gasteiger partial charge is 0.469 e. The summed E-state index contributed by atoms with van der Waals surface area (Å²) in [6, 6.07) is 5.92. The molecule has 0 saturated heterocycles. The molecule has 0 heterocycles. The highest BCUT2D eigenvalue weighted by atomic mass is 16.5. The van der Waals surface area contributed by atoms with E-state index in [0.717, 1.165) is 29.4 Å². The monoisotopic (exact) mass is 220 g/mol. The molecule has 16 heavy (non-hydrogen) atoms. The molecule has 0 aliphatic heterocycles. The van der Waals surface area contributed by atoms with Crippen molar-refractivity contribution in [1.82, 2.24) is 0 Å². The van der Waals surface area contributed by atoms with E-state index in [9.17, 15) is 9.59 Å². The first kappa shape index (κ1) is 12.4. The van der Waals surface area contributed by atoms with Gasteiger partial charge < -0.3 is 9.53 Å². The average Bonchev–Trinajstić information content (AvgIpc) is 2.30. The van der Waals surface area contributed by atoms with Gasteiger partial charge >= 0.3 is 5.97 Å². The molecular formula is C13H16O3. The zero-order valence-electron chi connectivity index (χ0n) is 9.66. The summed E-state index contributed by atoms with van der Waals surface area (Å²) in [6.07, 6.45) is 2.43. The Balaban J connectivity index is 2.81. The van der Waals surface area contributed by atoms with Crippen LogP contribution in [-0.2, 0) is 27.2 Å². The molecule has 0 saturated carbocycles. The Morgan fingerprint density at radius 1 is 1.44 bits per heavy atom. The molecule has 0 unspecified atom stereocenters. The van der Waals surface area contributed by atoms with E-state index in [-0.39, 0.29) is 12.4 Å². The molecule has 86 valence electrons. The summed E-state index contributed by atoms with van der Waals surface area (Å²) in [5.41, 5.74) is 3.12. The molecule has 1 rings (SSSR count). The Hall–Kier alpha value is -1.64. The van der Waals surface area contributed by atoms with E-state index in [1.165, 1.54) is 7.11 Å². The Bertz CT molecular complexity index is 383. The number of esters is 1. The molecule has 0 amide bonds. The molecule has 0 radical (unpaired) electrons. The number of carbonyl (C=O) groups is 2. The molecule has 0 fully saturated rings. The van der Waals surface area contributed by atoms with Crippen LogP contribution in [0.3, 0.4) is 0 Å². The summed E-state index contributed by atoms with van der Waals surface area (Å²) in [4.78, 5) is 21.5.